The number of ether oxygens (including phenoxy) is 1. The third-order valence-corrected chi connectivity index (χ3v) is 4.98. The number of hydrogen-bond donors (Lipinski definition) is 0. The predicted octanol–water partition coefficient (Wildman–Crippen LogP) is 7.15. The van der Waals surface area contributed by atoms with E-state index < -0.39 is 0 Å². The SMILES string of the molecule is C=CCc1c(-c2ccccc2)oc(C)c1C(Oc1ccccc1)c1ccccc1. The molecule has 1 unspecified atom stereocenters. The molecule has 4 rings (SSSR count). The summed E-state index contributed by atoms with van der Waals surface area (Å²) < 4.78 is 12.8. The van der Waals surface area contributed by atoms with Crippen LogP contribution in [-0.2, 0) is 6.42 Å². The second kappa shape index (κ2) is 8.66. The molecule has 0 saturated heterocycles. The summed E-state index contributed by atoms with van der Waals surface area (Å²) in [5, 5.41) is 0. The molecule has 0 aliphatic heterocycles. The largest absolute Gasteiger partial charge is 0.481 e. The second-order valence-electron chi connectivity index (χ2n) is 6.96. The molecule has 0 N–H and O–H groups in total. The first-order valence-corrected chi connectivity index (χ1v) is 9.83. The fourth-order valence-corrected chi connectivity index (χ4v) is 3.67. The van der Waals surface area contributed by atoms with Crippen LogP contribution in [-0.4, -0.2) is 0 Å². The van der Waals surface area contributed by atoms with Crippen LogP contribution in [0.2, 0.25) is 0 Å². The number of aryl methyl sites for hydroxylation is 1. The van der Waals surface area contributed by atoms with E-state index >= 15 is 0 Å². The first-order chi connectivity index (χ1) is 14.3. The molecule has 29 heavy (non-hydrogen) atoms. The van der Waals surface area contributed by atoms with Crippen LogP contribution < -0.4 is 4.74 Å². The minimum Gasteiger partial charge on any atom is -0.481 e. The molecule has 0 saturated carbocycles. The average Bonchev–Trinajstić information content (AvgIpc) is 3.10. The van der Waals surface area contributed by atoms with Gasteiger partial charge in [-0.3, -0.25) is 0 Å². The van der Waals surface area contributed by atoms with Crippen molar-refractivity contribution in [1.29, 1.82) is 0 Å². The van der Waals surface area contributed by atoms with Gasteiger partial charge in [-0.1, -0.05) is 84.9 Å². The molecule has 1 aromatic heterocycles. The first-order valence-electron chi connectivity index (χ1n) is 9.83. The quantitative estimate of drug-likeness (QED) is 0.318. The van der Waals surface area contributed by atoms with E-state index in [0.29, 0.717) is 6.42 Å². The third-order valence-electron chi connectivity index (χ3n) is 4.98. The van der Waals surface area contributed by atoms with E-state index in [9.17, 15) is 0 Å². The van der Waals surface area contributed by atoms with Crippen LogP contribution in [0.4, 0.5) is 0 Å². The second-order valence-corrected chi connectivity index (χ2v) is 6.96. The van der Waals surface area contributed by atoms with E-state index in [-0.39, 0.29) is 6.10 Å². The van der Waals surface area contributed by atoms with Gasteiger partial charge >= 0.3 is 0 Å². The van der Waals surface area contributed by atoms with Gasteiger partial charge in [0, 0.05) is 16.7 Å². The van der Waals surface area contributed by atoms with Gasteiger partial charge in [-0.15, -0.1) is 6.58 Å². The number of furan rings is 1. The summed E-state index contributed by atoms with van der Waals surface area (Å²) in [5.41, 5.74) is 4.34. The third kappa shape index (κ3) is 4.02. The van der Waals surface area contributed by atoms with Gasteiger partial charge in [0.05, 0.1) is 0 Å². The molecule has 2 nitrogen and oxygen atoms in total. The number of rotatable bonds is 7. The Morgan fingerprint density at radius 3 is 2.07 bits per heavy atom. The lowest BCUT2D eigenvalue weighted by molar-refractivity contribution is 0.244. The van der Waals surface area contributed by atoms with Crippen LogP contribution in [0.5, 0.6) is 5.75 Å². The lowest BCUT2D eigenvalue weighted by atomic mass is 9.94. The monoisotopic (exact) mass is 380 g/mol. The van der Waals surface area contributed by atoms with Gasteiger partial charge in [0.2, 0.25) is 0 Å². The molecule has 1 atom stereocenters. The summed E-state index contributed by atoms with van der Waals surface area (Å²) in [6, 6.07) is 30.4. The van der Waals surface area contributed by atoms with Gasteiger partial charge in [-0.05, 0) is 31.0 Å². The summed E-state index contributed by atoms with van der Waals surface area (Å²) in [7, 11) is 0. The lowest BCUT2D eigenvalue weighted by Crippen LogP contribution is -2.12. The van der Waals surface area contributed by atoms with Gasteiger partial charge in [0.1, 0.15) is 17.3 Å². The maximum atomic E-state index is 6.51. The Kier molecular flexibility index (Phi) is 5.62. The topological polar surface area (TPSA) is 22.4 Å². The summed E-state index contributed by atoms with van der Waals surface area (Å²) >= 11 is 0. The summed E-state index contributed by atoms with van der Waals surface area (Å²) in [6.07, 6.45) is 2.36. The molecule has 3 aromatic carbocycles. The number of hydrogen-bond acceptors (Lipinski definition) is 2. The van der Waals surface area contributed by atoms with Crippen molar-refractivity contribution in [3.8, 4) is 17.1 Å². The van der Waals surface area contributed by atoms with E-state index in [1.807, 2.05) is 79.7 Å². The molecule has 0 bridgehead atoms. The Labute approximate surface area is 172 Å². The molecule has 0 spiro atoms. The van der Waals surface area contributed by atoms with Crippen LogP contribution in [0.1, 0.15) is 28.6 Å². The highest BCUT2D eigenvalue weighted by Crippen LogP contribution is 2.39. The van der Waals surface area contributed by atoms with Gasteiger partial charge in [-0.25, -0.2) is 0 Å². The van der Waals surface area contributed by atoms with Crippen molar-refractivity contribution in [1.82, 2.24) is 0 Å². The summed E-state index contributed by atoms with van der Waals surface area (Å²) in [6.45, 7) is 5.99. The predicted molar refractivity (Wildman–Crippen MR) is 118 cm³/mol. The minimum atomic E-state index is -0.269. The Bertz CT molecular complexity index is 1060. The molecule has 2 heteroatoms. The fraction of sp³-hybridized carbons (Fsp3) is 0.111. The Balaban J connectivity index is 1.88. The van der Waals surface area contributed by atoms with Crippen molar-refractivity contribution in [2.45, 2.75) is 19.4 Å². The van der Waals surface area contributed by atoms with Crippen molar-refractivity contribution < 1.29 is 9.15 Å². The number of para-hydroxylation sites is 1. The zero-order valence-electron chi connectivity index (χ0n) is 16.5. The highest BCUT2D eigenvalue weighted by atomic mass is 16.5. The fourth-order valence-electron chi connectivity index (χ4n) is 3.67. The molecule has 0 aliphatic rings. The molecule has 4 aromatic rings. The van der Waals surface area contributed by atoms with Crippen LogP contribution in [0.25, 0.3) is 11.3 Å². The van der Waals surface area contributed by atoms with E-state index in [0.717, 1.165) is 39.5 Å². The molecule has 0 aliphatic carbocycles. The van der Waals surface area contributed by atoms with Crippen molar-refractivity contribution in [2.75, 3.05) is 0 Å². The smallest absolute Gasteiger partial charge is 0.152 e. The number of benzene rings is 3. The lowest BCUT2D eigenvalue weighted by Gasteiger charge is -2.21. The molecule has 144 valence electrons. The van der Waals surface area contributed by atoms with Crippen LogP contribution in [0, 0.1) is 6.92 Å². The molecular formula is C27H24O2. The van der Waals surface area contributed by atoms with Crippen LogP contribution >= 0.6 is 0 Å². The van der Waals surface area contributed by atoms with Gasteiger partial charge in [0.15, 0.2) is 6.10 Å². The molecule has 0 radical (unpaired) electrons. The van der Waals surface area contributed by atoms with E-state index in [1.165, 1.54) is 0 Å². The van der Waals surface area contributed by atoms with E-state index in [2.05, 4.69) is 30.8 Å². The molecule has 1 heterocycles. The number of allylic oxidation sites excluding steroid dienone is 1. The van der Waals surface area contributed by atoms with Crippen molar-refractivity contribution in [3.63, 3.8) is 0 Å². The summed E-state index contributed by atoms with van der Waals surface area (Å²) in [4.78, 5) is 0. The van der Waals surface area contributed by atoms with Crippen LogP contribution in [0.15, 0.2) is 108 Å². The van der Waals surface area contributed by atoms with Crippen molar-refractivity contribution in [3.05, 3.63) is 126 Å². The average molecular weight is 380 g/mol. The Hall–Kier alpha value is -3.52. The maximum Gasteiger partial charge on any atom is 0.152 e. The minimum absolute atomic E-state index is 0.269. The standard InChI is InChI=1S/C27H24O2/c1-3-13-24-25(20(2)28-26(24)21-14-7-4-8-15-21)27(22-16-9-5-10-17-22)29-23-18-11-6-12-19-23/h3-12,14-19,27H,1,13H2,2H3. The van der Waals surface area contributed by atoms with Gasteiger partial charge < -0.3 is 9.15 Å². The Morgan fingerprint density at radius 2 is 1.45 bits per heavy atom. The zero-order chi connectivity index (χ0) is 20.1. The van der Waals surface area contributed by atoms with Crippen molar-refractivity contribution in [2.24, 2.45) is 0 Å². The molecule has 0 amide bonds. The molecule has 0 fully saturated rings. The maximum absolute atomic E-state index is 6.51. The van der Waals surface area contributed by atoms with Gasteiger partial charge in [0.25, 0.3) is 0 Å². The van der Waals surface area contributed by atoms with E-state index in [1.54, 1.807) is 0 Å². The van der Waals surface area contributed by atoms with Gasteiger partial charge in [-0.2, -0.15) is 0 Å². The van der Waals surface area contributed by atoms with E-state index in [4.69, 9.17) is 9.15 Å². The molecular weight excluding hydrogens is 356 g/mol. The summed E-state index contributed by atoms with van der Waals surface area (Å²) in [5.74, 6) is 2.58. The van der Waals surface area contributed by atoms with Crippen LogP contribution in [0.3, 0.4) is 0 Å². The normalized spacial score (nSPS) is 11.8. The first kappa shape index (κ1) is 18.8. The highest BCUT2D eigenvalue weighted by Gasteiger charge is 2.27. The zero-order valence-corrected chi connectivity index (χ0v) is 16.5. The van der Waals surface area contributed by atoms with Crippen molar-refractivity contribution >= 4 is 0 Å². The highest BCUT2D eigenvalue weighted by molar-refractivity contribution is 5.65. The Morgan fingerprint density at radius 1 is 0.862 bits per heavy atom.